The Bertz CT molecular complexity index is 949. The number of fused-ring (bicyclic) bond motifs is 1. The minimum absolute atomic E-state index is 0.0620. The predicted octanol–water partition coefficient (Wildman–Crippen LogP) is 4.44. The quantitative estimate of drug-likeness (QED) is 0.524. The number of halogens is 4. The van der Waals surface area contributed by atoms with Gasteiger partial charge in [-0.2, -0.15) is 13.2 Å². The van der Waals surface area contributed by atoms with E-state index in [1.165, 1.54) is 6.07 Å². The molecular formula is C21H25ClF3N5O. The molecule has 1 atom stereocenters. The summed E-state index contributed by atoms with van der Waals surface area (Å²) in [7, 11) is 0. The fourth-order valence-corrected chi connectivity index (χ4v) is 4.45. The number of hydrogen-bond acceptors (Lipinski definition) is 6. The van der Waals surface area contributed by atoms with Crippen LogP contribution < -0.4 is 11.1 Å². The first-order valence-electron chi connectivity index (χ1n) is 10.3. The molecule has 0 bridgehead atoms. The first-order chi connectivity index (χ1) is 14.7. The molecule has 0 spiro atoms. The fourth-order valence-electron chi connectivity index (χ4n) is 4.26. The van der Waals surface area contributed by atoms with Crippen LogP contribution in [0.5, 0.6) is 0 Å². The number of benzene rings is 1. The summed E-state index contributed by atoms with van der Waals surface area (Å²) < 4.78 is 45.1. The summed E-state index contributed by atoms with van der Waals surface area (Å²) in [4.78, 5) is 11.2. The molecule has 1 aromatic carbocycles. The van der Waals surface area contributed by atoms with E-state index < -0.39 is 17.8 Å². The summed E-state index contributed by atoms with van der Waals surface area (Å²) in [5, 5.41) is 3.37. The molecule has 1 saturated heterocycles. The first-order valence-corrected chi connectivity index (χ1v) is 10.7. The summed E-state index contributed by atoms with van der Waals surface area (Å²) in [6.45, 7) is 4.83. The topological polar surface area (TPSA) is 76.3 Å². The number of nitrogen functional groups attached to an aromatic ring is 1. The highest BCUT2D eigenvalue weighted by Crippen LogP contribution is 2.34. The van der Waals surface area contributed by atoms with E-state index in [2.05, 4.69) is 20.2 Å². The van der Waals surface area contributed by atoms with Crippen molar-refractivity contribution in [2.75, 3.05) is 30.8 Å². The fraction of sp³-hybridized carbons (Fsp3) is 0.524. The Morgan fingerprint density at radius 1 is 1.23 bits per heavy atom. The Labute approximate surface area is 183 Å². The van der Waals surface area contributed by atoms with Crippen LogP contribution in [-0.4, -0.2) is 40.7 Å². The van der Waals surface area contributed by atoms with Crippen LogP contribution in [0.2, 0.25) is 5.28 Å². The van der Waals surface area contributed by atoms with Crippen LogP contribution in [0.1, 0.15) is 48.2 Å². The second-order valence-corrected chi connectivity index (χ2v) is 8.42. The summed E-state index contributed by atoms with van der Waals surface area (Å²) in [6, 6.07) is 3.56. The van der Waals surface area contributed by atoms with E-state index in [0.717, 1.165) is 62.4 Å². The number of ether oxygens (including phenoxy) is 1. The van der Waals surface area contributed by atoms with Gasteiger partial charge in [0.05, 0.1) is 17.3 Å². The summed E-state index contributed by atoms with van der Waals surface area (Å²) in [6.07, 6.45) is -1.77. The van der Waals surface area contributed by atoms with Crippen molar-refractivity contribution in [3.8, 4) is 0 Å². The van der Waals surface area contributed by atoms with Crippen LogP contribution in [0.3, 0.4) is 0 Å². The number of anilines is 2. The lowest BCUT2D eigenvalue weighted by atomic mass is 9.99. The zero-order valence-electron chi connectivity index (χ0n) is 17.2. The van der Waals surface area contributed by atoms with Gasteiger partial charge in [0, 0.05) is 50.0 Å². The minimum Gasteiger partial charge on any atom is -0.399 e. The first kappa shape index (κ1) is 22.1. The van der Waals surface area contributed by atoms with Crippen molar-refractivity contribution in [1.82, 2.24) is 14.9 Å². The number of aromatic nitrogens is 2. The lowest BCUT2D eigenvalue weighted by Crippen LogP contribution is -2.43. The molecule has 6 nitrogen and oxygen atoms in total. The van der Waals surface area contributed by atoms with Gasteiger partial charge in [-0.15, -0.1) is 0 Å². The molecule has 2 aromatic rings. The molecule has 168 valence electrons. The highest BCUT2D eigenvalue weighted by molar-refractivity contribution is 6.28. The molecule has 3 N–H and O–H groups in total. The van der Waals surface area contributed by atoms with Gasteiger partial charge in [0.25, 0.3) is 0 Å². The van der Waals surface area contributed by atoms with Crippen molar-refractivity contribution in [3.63, 3.8) is 0 Å². The molecule has 10 heteroatoms. The monoisotopic (exact) mass is 455 g/mol. The van der Waals surface area contributed by atoms with Gasteiger partial charge in [-0.3, -0.25) is 4.90 Å². The molecule has 3 heterocycles. The average Bonchev–Trinajstić information content (AvgIpc) is 2.73. The van der Waals surface area contributed by atoms with Crippen LogP contribution in [0.25, 0.3) is 0 Å². The molecule has 0 saturated carbocycles. The number of nitrogens with one attached hydrogen (secondary N) is 1. The smallest absolute Gasteiger partial charge is 0.399 e. The predicted molar refractivity (Wildman–Crippen MR) is 113 cm³/mol. The number of nitrogens with zero attached hydrogens (tertiary/aromatic N) is 3. The zero-order chi connectivity index (χ0) is 22.2. The largest absolute Gasteiger partial charge is 0.416 e. The van der Waals surface area contributed by atoms with Gasteiger partial charge in [-0.25, -0.2) is 9.97 Å². The molecule has 2 aliphatic heterocycles. The van der Waals surface area contributed by atoms with E-state index in [4.69, 9.17) is 22.1 Å². The maximum atomic E-state index is 13.2. The molecule has 0 radical (unpaired) electrons. The van der Waals surface area contributed by atoms with Gasteiger partial charge in [-0.1, -0.05) is 0 Å². The van der Waals surface area contributed by atoms with Gasteiger partial charge >= 0.3 is 6.18 Å². The zero-order valence-corrected chi connectivity index (χ0v) is 17.9. The number of alkyl halides is 3. The Morgan fingerprint density at radius 2 is 1.97 bits per heavy atom. The number of rotatable bonds is 4. The third-order valence-corrected chi connectivity index (χ3v) is 6.10. The van der Waals surface area contributed by atoms with Crippen LogP contribution >= 0.6 is 11.6 Å². The van der Waals surface area contributed by atoms with Crippen molar-refractivity contribution >= 4 is 23.1 Å². The highest BCUT2D eigenvalue weighted by atomic mass is 35.5. The normalized spacial score (nSPS) is 19.1. The molecule has 4 rings (SSSR count). The molecule has 0 amide bonds. The van der Waals surface area contributed by atoms with Crippen LogP contribution in [0.4, 0.5) is 24.7 Å². The Balaban J connectivity index is 1.59. The van der Waals surface area contributed by atoms with Gasteiger partial charge in [0.2, 0.25) is 5.28 Å². The summed E-state index contributed by atoms with van der Waals surface area (Å²) >= 11 is 6.15. The summed E-state index contributed by atoms with van der Waals surface area (Å²) in [5.41, 5.74) is 7.26. The molecule has 0 aliphatic carbocycles. The molecule has 1 aromatic heterocycles. The minimum atomic E-state index is -4.47. The SMILES string of the molecule is CC(Nc1nc(Cl)nc2c1CN(C1CCOCC1)CC2)c1cc(N)cc(C(F)(F)F)c1. The van der Waals surface area contributed by atoms with Gasteiger partial charge in [0.1, 0.15) is 5.82 Å². The van der Waals surface area contributed by atoms with Crippen molar-refractivity contribution in [1.29, 1.82) is 0 Å². The average molecular weight is 456 g/mol. The third-order valence-electron chi connectivity index (χ3n) is 5.93. The van der Waals surface area contributed by atoms with Gasteiger partial charge in [-0.05, 0) is 55.1 Å². The van der Waals surface area contributed by atoms with Crippen molar-refractivity contribution in [3.05, 3.63) is 45.9 Å². The number of hydrogen-bond donors (Lipinski definition) is 2. The van der Waals surface area contributed by atoms with E-state index in [-0.39, 0.29) is 11.0 Å². The maximum Gasteiger partial charge on any atom is 0.416 e. The van der Waals surface area contributed by atoms with Crippen LogP contribution in [0, 0.1) is 0 Å². The van der Waals surface area contributed by atoms with Gasteiger partial charge < -0.3 is 15.8 Å². The molecule has 1 unspecified atom stereocenters. The van der Waals surface area contributed by atoms with Crippen molar-refractivity contribution < 1.29 is 17.9 Å². The van der Waals surface area contributed by atoms with E-state index in [0.29, 0.717) is 24.0 Å². The molecule has 1 fully saturated rings. The summed E-state index contributed by atoms with van der Waals surface area (Å²) in [5.74, 6) is 0.551. The number of nitrogens with two attached hydrogens (primary N) is 1. The van der Waals surface area contributed by atoms with E-state index in [1.54, 1.807) is 6.92 Å². The molecule has 2 aliphatic rings. The van der Waals surface area contributed by atoms with Crippen LogP contribution in [0.15, 0.2) is 18.2 Å². The highest BCUT2D eigenvalue weighted by Gasteiger charge is 2.32. The lowest BCUT2D eigenvalue weighted by molar-refractivity contribution is -0.137. The van der Waals surface area contributed by atoms with Crippen molar-refractivity contribution in [2.24, 2.45) is 0 Å². The second-order valence-electron chi connectivity index (χ2n) is 8.08. The lowest BCUT2D eigenvalue weighted by Gasteiger charge is -2.37. The molecule has 31 heavy (non-hydrogen) atoms. The maximum absolute atomic E-state index is 13.2. The van der Waals surface area contributed by atoms with Crippen LogP contribution in [-0.2, 0) is 23.9 Å². The molecular weight excluding hydrogens is 431 g/mol. The standard InChI is InChI=1S/C21H25ClF3N5O/c1-12(13-8-14(21(23,24)25)10-15(26)9-13)27-19-17-11-30(16-3-6-31-7-4-16)5-2-18(17)28-20(22)29-19/h8-10,12,16H,2-7,11,26H2,1H3,(H,27,28,29). The van der Waals surface area contributed by atoms with Crippen molar-refractivity contribution in [2.45, 2.75) is 51.0 Å². The van der Waals surface area contributed by atoms with E-state index >= 15 is 0 Å². The van der Waals surface area contributed by atoms with E-state index in [1.807, 2.05) is 0 Å². The Kier molecular flexibility index (Phi) is 6.27. The van der Waals surface area contributed by atoms with E-state index in [9.17, 15) is 13.2 Å². The Hall–Kier alpha value is -2.10. The third kappa shape index (κ3) is 5.05. The second kappa shape index (κ2) is 8.80. The Morgan fingerprint density at radius 3 is 2.68 bits per heavy atom. The van der Waals surface area contributed by atoms with Gasteiger partial charge in [0.15, 0.2) is 0 Å².